The first-order valence-electron chi connectivity index (χ1n) is 7.28. The van der Waals surface area contributed by atoms with E-state index in [9.17, 15) is 0 Å². The Balaban J connectivity index is 2.02. The zero-order valence-electron chi connectivity index (χ0n) is 11.5. The summed E-state index contributed by atoms with van der Waals surface area (Å²) in [4.78, 5) is 4.83. The third-order valence-electron chi connectivity index (χ3n) is 4.40. The van der Waals surface area contributed by atoms with Gasteiger partial charge in [-0.05, 0) is 36.8 Å². The van der Waals surface area contributed by atoms with Gasteiger partial charge in [0.1, 0.15) is 5.82 Å². The predicted octanol–water partition coefficient (Wildman–Crippen LogP) is 4.55. The summed E-state index contributed by atoms with van der Waals surface area (Å²) in [6.45, 7) is 3.35. The van der Waals surface area contributed by atoms with Crippen LogP contribution < -0.4 is 0 Å². The van der Waals surface area contributed by atoms with Gasteiger partial charge in [-0.3, -0.25) is 0 Å². The van der Waals surface area contributed by atoms with Crippen LogP contribution in [-0.2, 0) is 13.0 Å². The van der Waals surface area contributed by atoms with Crippen LogP contribution in [0.4, 0.5) is 0 Å². The molecule has 3 heteroatoms. The summed E-state index contributed by atoms with van der Waals surface area (Å²) >= 11 is 3.72. The molecule has 0 atom stereocenters. The predicted molar refractivity (Wildman–Crippen MR) is 83.8 cm³/mol. The third-order valence-corrected chi connectivity index (χ3v) is 5.59. The monoisotopic (exact) mass is 320 g/mol. The number of rotatable bonds is 5. The highest BCUT2D eigenvalue weighted by Crippen LogP contribution is 2.44. The molecule has 1 fully saturated rings. The second-order valence-corrected chi connectivity index (χ2v) is 6.40. The van der Waals surface area contributed by atoms with E-state index in [2.05, 4.69) is 51.7 Å². The van der Waals surface area contributed by atoms with Crippen LogP contribution in [0.25, 0.3) is 11.0 Å². The lowest BCUT2D eigenvalue weighted by molar-refractivity contribution is 0.140. The Bertz CT molecular complexity index is 564. The van der Waals surface area contributed by atoms with Gasteiger partial charge in [-0.1, -0.05) is 41.4 Å². The molecule has 0 amide bonds. The van der Waals surface area contributed by atoms with Crippen LogP contribution in [0.15, 0.2) is 24.3 Å². The molecule has 1 aliphatic carbocycles. The van der Waals surface area contributed by atoms with Crippen molar-refractivity contribution < 1.29 is 0 Å². The van der Waals surface area contributed by atoms with Gasteiger partial charge in [0.25, 0.3) is 0 Å². The van der Waals surface area contributed by atoms with Gasteiger partial charge in [0.05, 0.1) is 11.0 Å². The summed E-state index contributed by atoms with van der Waals surface area (Å²) in [6.07, 6.45) is 6.30. The molecule has 0 radical (unpaired) electrons. The standard InChI is InChI=1S/C16H21BrN2/c1-2-6-15-18-13-7-3-4-8-14(13)19(15)12-16(11-17)9-5-10-16/h3-4,7-8H,2,5-6,9-12H2,1H3. The first kappa shape index (κ1) is 13.2. The number of aromatic nitrogens is 2. The van der Waals surface area contributed by atoms with Gasteiger partial charge in [0, 0.05) is 18.3 Å². The Morgan fingerprint density at radius 3 is 2.74 bits per heavy atom. The maximum absolute atomic E-state index is 4.83. The number of halogens is 1. The van der Waals surface area contributed by atoms with E-state index in [4.69, 9.17) is 4.98 Å². The van der Waals surface area contributed by atoms with Crippen LogP contribution in [-0.4, -0.2) is 14.9 Å². The molecule has 2 nitrogen and oxygen atoms in total. The molecule has 0 saturated heterocycles. The van der Waals surface area contributed by atoms with Crippen LogP contribution in [0.1, 0.15) is 38.4 Å². The normalized spacial score (nSPS) is 17.6. The molecule has 102 valence electrons. The lowest BCUT2D eigenvalue weighted by atomic mass is 9.70. The zero-order chi connectivity index (χ0) is 13.3. The SMILES string of the molecule is CCCc1nc2ccccc2n1CC1(CBr)CCC1. The van der Waals surface area contributed by atoms with E-state index in [1.807, 2.05) is 0 Å². The zero-order valence-corrected chi connectivity index (χ0v) is 13.1. The number of hydrogen-bond acceptors (Lipinski definition) is 1. The lowest BCUT2D eigenvalue weighted by Gasteiger charge is -2.41. The highest BCUT2D eigenvalue weighted by atomic mass is 79.9. The van der Waals surface area contributed by atoms with Crippen molar-refractivity contribution >= 4 is 27.0 Å². The number of aryl methyl sites for hydroxylation is 1. The fourth-order valence-electron chi connectivity index (χ4n) is 3.06. The molecule has 0 aliphatic heterocycles. The molecule has 19 heavy (non-hydrogen) atoms. The van der Waals surface area contributed by atoms with Crippen molar-refractivity contribution in [1.82, 2.24) is 9.55 Å². The van der Waals surface area contributed by atoms with Crippen LogP contribution >= 0.6 is 15.9 Å². The largest absolute Gasteiger partial charge is 0.327 e. The highest BCUT2D eigenvalue weighted by Gasteiger charge is 2.37. The van der Waals surface area contributed by atoms with Crippen molar-refractivity contribution in [3.05, 3.63) is 30.1 Å². The minimum atomic E-state index is 0.464. The van der Waals surface area contributed by atoms with E-state index < -0.39 is 0 Å². The van der Waals surface area contributed by atoms with Crippen molar-refractivity contribution in [1.29, 1.82) is 0 Å². The van der Waals surface area contributed by atoms with Crippen molar-refractivity contribution in [2.45, 2.75) is 45.6 Å². The van der Waals surface area contributed by atoms with Gasteiger partial charge < -0.3 is 4.57 Å². The van der Waals surface area contributed by atoms with Gasteiger partial charge in [-0.2, -0.15) is 0 Å². The summed E-state index contributed by atoms with van der Waals surface area (Å²) in [5, 5.41) is 1.11. The van der Waals surface area contributed by atoms with E-state index in [0.29, 0.717) is 5.41 Å². The number of benzene rings is 1. The first-order valence-corrected chi connectivity index (χ1v) is 8.40. The van der Waals surface area contributed by atoms with E-state index in [1.165, 1.54) is 30.6 Å². The number of imidazole rings is 1. The molecule has 1 saturated carbocycles. The van der Waals surface area contributed by atoms with Crippen molar-refractivity contribution in [2.24, 2.45) is 5.41 Å². The summed E-state index contributed by atoms with van der Waals surface area (Å²) in [7, 11) is 0. The number of hydrogen-bond donors (Lipinski definition) is 0. The summed E-state index contributed by atoms with van der Waals surface area (Å²) in [6, 6.07) is 8.55. The highest BCUT2D eigenvalue weighted by molar-refractivity contribution is 9.09. The minimum Gasteiger partial charge on any atom is -0.327 e. The van der Waals surface area contributed by atoms with Crippen molar-refractivity contribution in [3.63, 3.8) is 0 Å². The second-order valence-electron chi connectivity index (χ2n) is 5.84. The van der Waals surface area contributed by atoms with Crippen LogP contribution in [0.3, 0.4) is 0 Å². The Kier molecular flexibility index (Phi) is 3.66. The van der Waals surface area contributed by atoms with Crippen molar-refractivity contribution in [2.75, 3.05) is 5.33 Å². The molecular weight excluding hydrogens is 300 g/mol. The lowest BCUT2D eigenvalue weighted by Crippen LogP contribution is -2.36. The molecule has 1 aliphatic rings. The van der Waals surface area contributed by atoms with Crippen LogP contribution in [0.5, 0.6) is 0 Å². The quantitative estimate of drug-likeness (QED) is 0.739. The molecule has 0 spiro atoms. The molecule has 0 bridgehead atoms. The van der Waals surface area contributed by atoms with E-state index in [-0.39, 0.29) is 0 Å². The second kappa shape index (κ2) is 5.28. The molecule has 2 aromatic rings. The molecular formula is C16H21BrN2. The Hall–Kier alpha value is -0.830. The topological polar surface area (TPSA) is 17.8 Å². The van der Waals surface area contributed by atoms with E-state index >= 15 is 0 Å². The fraction of sp³-hybridized carbons (Fsp3) is 0.562. The van der Waals surface area contributed by atoms with Gasteiger partial charge in [0.2, 0.25) is 0 Å². The first-order chi connectivity index (χ1) is 9.28. The fourth-order valence-corrected chi connectivity index (χ4v) is 3.80. The number of fused-ring (bicyclic) bond motifs is 1. The Labute approximate surface area is 123 Å². The summed E-state index contributed by atoms with van der Waals surface area (Å²) in [5.74, 6) is 1.26. The van der Waals surface area contributed by atoms with Gasteiger partial charge in [-0.25, -0.2) is 4.98 Å². The summed E-state index contributed by atoms with van der Waals surface area (Å²) < 4.78 is 2.47. The Morgan fingerprint density at radius 2 is 2.11 bits per heavy atom. The molecule has 0 unspecified atom stereocenters. The molecule has 1 heterocycles. The summed E-state index contributed by atoms with van der Waals surface area (Å²) in [5.41, 5.74) is 2.92. The van der Waals surface area contributed by atoms with Gasteiger partial charge >= 0.3 is 0 Å². The van der Waals surface area contributed by atoms with Gasteiger partial charge in [0.15, 0.2) is 0 Å². The number of alkyl halides is 1. The average molecular weight is 321 g/mol. The van der Waals surface area contributed by atoms with E-state index in [0.717, 1.165) is 30.2 Å². The maximum atomic E-state index is 4.83. The van der Waals surface area contributed by atoms with Crippen LogP contribution in [0, 0.1) is 5.41 Å². The minimum absolute atomic E-state index is 0.464. The molecule has 3 rings (SSSR count). The Morgan fingerprint density at radius 1 is 1.32 bits per heavy atom. The van der Waals surface area contributed by atoms with E-state index in [1.54, 1.807) is 0 Å². The molecule has 1 aromatic carbocycles. The van der Waals surface area contributed by atoms with Crippen LogP contribution in [0.2, 0.25) is 0 Å². The average Bonchev–Trinajstić information content (AvgIpc) is 2.72. The molecule has 0 N–H and O–H groups in total. The smallest absolute Gasteiger partial charge is 0.109 e. The number of para-hydroxylation sites is 2. The maximum Gasteiger partial charge on any atom is 0.109 e. The van der Waals surface area contributed by atoms with Crippen molar-refractivity contribution in [3.8, 4) is 0 Å². The molecule has 1 aromatic heterocycles. The third kappa shape index (κ3) is 2.33. The number of nitrogens with zero attached hydrogens (tertiary/aromatic N) is 2. The van der Waals surface area contributed by atoms with Gasteiger partial charge in [-0.15, -0.1) is 0 Å².